The number of para-hydroxylation sites is 1. The van der Waals surface area contributed by atoms with Gasteiger partial charge in [-0.2, -0.15) is 0 Å². The summed E-state index contributed by atoms with van der Waals surface area (Å²) in [6.07, 6.45) is 6.72. The zero-order valence-electron chi connectivity index (χ0n) is 31.4. The summed E-state index contributed by atoms with van der Waals surface area (Å²) in [6.45, 7) is 0. The van der Waals surface area contributed by atoms with Crippen LogP contribution in [0.3, 0.4) is 0 Å². The van der Waals surface area contributed by atoms with Gasteiger partial charge in [-0.15, -0.1) is 0 Å². The van der Waals surface area contributed by atoms with Crippen molar-refractivity contribution in [2.45, 2.75) is 38.0 Å². The Balaban J connectivity index is 1.06. The lowest BCUT2D eigenvalue weighted by atomic mass is 9.84. The van der Waals surface area contributed by atoms with Crippen LogP contribution in [0.25, 0.3) is 66.4 Å². The highest BCUT2D eigenvalue weighted by Crippen LogP contribution is 2.43. The second-order valence-corrected chi connectivity index (χ2v) is 15.1. The molecule has 1 aliphatic rings. The molecule has 9 aromatic rings. The van der Waals surface area contributed by atoms with Gasteiger partial charge in [-0.1, -0.05) is 165 Å². The van der Waals surface area contributed by atoms with Gasteiger partial charge in [-0.25, -0.2) is 0 Å². The largest absolute Gasteiger partial charge is 0.456 e. The number of hydrogen-bond donors (Lipinski definition) is 0. The summed E-state index contributed by atoms with van der Waals surface area (Å²) in [5.74, 6) is 0.709. The normalized spacial score (nSPS) is 13.3. The number of benzene rings is 8. The van der Waals surface area contributed by atoms with E-state index in [0.29, 0.717) is 5.92 Å². The van der Waals surface area contributed by atoms with Crippen molar-refractivity contribution in [3.8, 4) is 44.5 Å². The maximum Gasteiger partial charge on any atom is 0.137 e. The Kier molecular flexibility index (Phi) is 9.01. The Labute approximate surface area is 329 Å². The number of hydrogen-bond acceptors (Lipinski definition) is 2. The predicted molar refractivity (Wildman–Crippen MR) is 236 cm³/mol. The van der Waals surface area contributed by atoms with Crippen molar-refractivity contribution in [2.75, 3.05) is 4.90 Å². The molecule has 1 aromatic heterocycles. The molecule has 1 heterocycles. The average Bonchev–Trinajstić information content (AvgIpc) is 3.66. The molecule has 0 radical (unpaired) electrons. The van der Waals surface area contributed by atoms with Gasteiger partial charge in [0.15, 0.2) is 0 Å². The molecule has 2 heteroatoms. The Hall–Kier alpha value is -6.64. The lowest BCUT2D eigenvalue weighted by Crippen LogP contribution is -2.09. The first-order valence-corrected chi connectivity index (χ1v) is 20.0. The SMILES string of the molecule is c1ccc(-c2cccc(-c3ccccc3)c2-c2ccc(N(c3ccc(-c4ccc(C5CCCCC5)cc4)cc3)c3ccc4c(c3)oc3ccccc34)cc2)cc1. The van der Waals surface area contributed by atoms with Crippen LogP contribution >= 0.6 is 0 Å². The third-order valence-electron chi connectivity index (χ3n) is 11.7. The van der Waals surface area contributed by atoms with Crippen LogP contribution in [0, 0.1) is 0 Å². The number of fused-ring (bicyclic) bond motifs is 3. The van der Waals surface area contributed by atoms with Crippen molar-refractivity contribution in [2.24, 2.45) is 0 Å². The maximum absolute atomic E-state index is 6.41. The van der Waals surface area contributed by atoms with Crippen molar-refractivity contribution < 1.29 is 4.42 Å². The molecular formula is C54H43NO. The summed E-state index contributed by atoms with van der Waals surface area (Å²) in [5, 5.41) is 2.26. The quantitative estimate of drug-likeness (QED) is 0.155. The minimum atomic E-state index is 0.709. The van der Waals surface area contributed by atoms with Gasteiger partial charge in [0.2, 0.25) is 0 Å². The molecule has 1 aliphatic carbocycles. The lowest BCUT2D eigenvalue weighted by molar-refractivity contribution is 0.443. The maximum atomic E-state index is 6.41. The molecule has 0 amide bonds. The van der Waals surface area contributed by atoms with E-state index < -0.39 is 0 Å². The summed E-state index contributed by atoms with van der Waals surface area (Å²) >= 11 is 0. The highest BCUT2D eigenvalue weighted by molar-refractivity contribution is 6.06. The smallest absolute Gasteiger partial charge is 0.137 e. The average molecular weight is 722 g/mol. The Bertz CT molecular complexity index is 2680. The van der Waals surface area contributed by atoms with Crippen LogP contribution in [-0.2, 0) is 0 Å². The van der Waals surface area contributed by atoms with Gasteiger partial charge < -0.3 is 9.32 Å². The molecule has 2 nitrogen and oxygen atoms in total. The Morgan fingerprint density at radius 3 is 1.52 bits per heavy atom. The van der Waals surface area contributed by atoms with Gasteiger partial charge in [0.05, 0.1) is 0 Å². The van der Waals surface area contributed by atoms with Crippen LogP contribution in [0.4, 0.5) is 17.1 Å². The van der Waals surface area contributed by atoms with E-state index in [1.165, 1.54) is 82.2 Å². The fraction of sp³-hybridized carbons (Fsp3) is 0.111. The second kappa shape index (κ2) is 14.9. The minimum absolute atomic E-state index is 0.709. The molecule has 1 saturated carbocycles. The third-order valence-corrected chi connectivity index (χ3v) is 11.7. The van der Waals surface area contributed by atoms with Gasteiger partial charge >= 0.3 is 0 Å². The highest BCUT2D eigenvalue weighted by Gasteiger charge is 2.19. The van der Waals surface area contributed by atoms with E-state index in [0.717, 1.165) is 39.0 Å². The zero-order chi connectivity index (χ0) is 37.3. The predicted octanol–water partition coefficient (Wildman–Crippen LogP) is 15.8. The Morgan fingerprint density at radius 1 is 0.375 bits per heavy atom. The summed E-state index contributed by atoms with van der Waals surface area (Å²) in [4.78, 5) is 2.34. The van der Waals surface area contributed by atoms with Crippen molar-refractivity contribution >= 4 is 39.0 Å². The molecule has 8 aromatic carbocycles. The van der Waals surface area contributed by atoms with Crippen molar-refractivity contribution in [1.29, 1.82) is 0 Å². The fourth-order valence-electron chi connectivity index (χ4n) is 8.84. The standard InChI is InChI=1S/C54H43NO/c1-4-13-38(14-5-1)39-23-25-40(26-24-39)41-27-31-45(32-28-41)55(47-35-36-51-50-19-10-11-22-52(50)56-53(51)37-47)46-33-29-44(30-34-46)54-48(42-15-6-2-7-16-42)20-12-21-49(54)43-17-8-3-9-18-43/h2-3,6-12,15-38H,1,4-5,13-14H2. The molecule has 0 spiro atoms. The van der Waals surface area contributed by atoms with E-state index in [-0.39, 0.29) is 0 Å². The number of rotatable bonds is 8. The van der Waals surface area contributed by atoms with Crippen molar-refractivity contribution in [3.63, 3.8) is 0 Å². The van der Waals surface area contributed by atoms with Gasteiger partial charge in [0, 0.05) is 33.9 Å². The topological polar surface area (TPSA) is 16.4 Å². The minimum Gasteiger partial charge on any atom is -0.456 e. The molecule has 0 saturated heterocycles. The molecule has 0 atom stereocenters. The summed E-state index contributed by atoms with van der Waals surface area (Å²) < 4.78 is 6.41. The molecule has 0 N–H and O–H groups in total. The van der Waals surface area contributed by atoms with E-state index >= 15 is 0 Å². The van der Waals surface area contributed by atoms with Gasteiger partial charge in [-0.3, -0.25) is 0 Å². The number of furan rings is 1. The molecule has 270 valence electrons. The molecule has 1 fully saturated rings. The van der Waals surface area contributed by atoms with E-state index in [1.54, 1.807) is 0 Å². The van der Waals surface area contributed by atoms with Crippen molar-refractivity contribution in [3.05, 3.63) is 200 Å². The van der Waals surface area contributed by atoms with Crippen LogP contribution < -0.4 is 4.90 Å². The summed E-state index contributed by atoms with van der Waals surface area (Å²) in [5.41, 5.74) is 16.2. The van der Waals surface area contributed by atoms with Gasteiger partial charge in [0.1, 0.15) is 11.2 Å². The first-order valence-electron chi connectivity index (χ1n) is 20.0. The molecule has 56 heavy (non-hydrogen) atoms. The van der Waals surface area contributed by atoms with E-state index in [1.807, 2.05) is 12.1 Å². The van der Waals surface area contributed by atoms with Crippen LogP contribution in [0.1, 0.15) is 43.6 Å². The van der Waals surface area contributed by atoms with Crippen LogP contribution in [0.15, 0.2) is 199 Å². The van der Waals surface area contributed by atoms with E-state index in [4.69, 9.17) is 4.42 Å². The summed E-state index contributed by atoms with van der Waals surface area (Å²) in [6, 6.07) is 70.4. The van der Waals surface area contributed by atoms with Crippen LogP contribution in [0.5, 0.6) is 0 Å². The second-order valence-electron chi connectivity index (χ2n) is 15.1. The molecule has 0 unspecified atom stereocenters. The highest BCUT2D eigenvalue weighted by atomic mass is 16.3. The molecule has 10 rings (SSSR count). The van der Waals surface area contributed by atoms with E-state index in [2.05, 4.69) is 187 Å². The first kappa shape index (κ1) is 33.9. The van der Waals surface area contributed by atoms with Gasteiger partial charge in [-0.05, 0) is 111 Å². The fourth-order valence-corrected chi connectivity index (χ4v) is 8.84. The summed E-state index contributed by atoms with van der Waals surface area (Å²) in [7, 11) is 0. The van der Waals surface area contributed by atoms with E-state index in [9.17, 15) is 0 Å². The number of anilines is 3. The van der Waals surface area contributed by atoms with Gasteiger partial charge in [0.25, 0.3) is 0 Å². The Morgan fingerprint density at radius 2 is 0.893 bits per heavy atom. The third kappa shape index (κ3) is 6.48. The van der Waals surface area contributed by atoms with Crippen LogP contribution in [0.2, 0.25) is 0 Å². The zero-order valence-corrected chi connectivity index (χ0v) is 31.4. The first-order chi connectivity index (χ1) is 27.8. The van der Waals surface area contributed by atoms with Crippen LogP contribution in [-0.4, -0.2) is 0 Å². The molecule has 0 bridgehead atoms. The molecular weight excluding hydrogens is 679 g/mol. The van der Waals surface area contributed by atoms with Crippen molar-refractivity contribution in [1.82, 2.24) is 0 Å². The lowest BCUT2D eigenvalue weighted by Gasteiger charge is -2.26. The number of nitrogens with zero attached hydrogens (tertiary/aromatic N) is 1. The molecule has 0 aliphatic heterocycles. The monoisotopic (exact) mass is 721 g/mol.